The lowest BCUT2D eigenvalue weighted by Crippen LogP contribution is -2.49. The van der Waals surface area contributed by atoms with E-state index in [1.54, 1.807) is 34.8 Å². The Hall–Kier alpha value is -3.69. The van der Waals surface area contributed by atoms with Gasteiger partial charge in [0.2, 0.25) is 0 Å². The van der Waals surface area contributed by atoms with Gasteiger partial charge < -0.3 is 19.3 Å². The summed E-state index contributed by atoms with van der Waals surface area (Å²) in [7, 11) is 0. The summed E-state index contributed by atoms with van der Waals surface area (Å²) < 4.78 is 11.5. The molecule has 9 nitrogen and oxygen atoms in total. The number of hydroxylamine groups is 1. The lowest BCUT2D eigenvalue weighted by molar-refractivity contribution is 0.0362. The van der Waals surface area contributed by atoms with E-state index in [1.165, 1.54) is 0 Å². The molecule has 1 atom stereocenters. The Labute approximate surface area is 190 Å². The number of benzene rings is 2. The number of hydrogen-bond donors (Lipinski definition) is 2. The molecule has 0 bridgehead atoms. The van der Waals surface area contributed by atoms with Gasteiger partial charge in [0.15, 0.2) is 0 Å². The van der Waals surface area contributed by atoms with E-state index < -0.39 is 5.91 Å². The van der Waals surface area contributed by atoms with Crippen molar-refractivity contribution in [1.29, 1.82) is 0 Å². The normalized spacial score (nSPS) is 18.3. The second-order valence-electron chi connectivity index (χ2n) is 8.06. The minimum Gasteiger partial charge on any atom is -0.491 e. The number of morpholine rings is 1. The van der Waals surface area contributed by atoms with E-state index in [9.17, 15) is 9.59 Å². The molecule has 3 heterocycles. The summed E-state index contributed by atoms with van der Waals surface area (Å²) in [6, 6.07) is 14.4. The SMILES string of the molecule is O=C(NO)c1ccc2c(c1)OCC(c1ccc3ncccc3c1)N(C(=O)N1CCOCC1)C2. The highest BCUT2D eigenvalue weighted by Crippen LogP contribution is 2.34. The Morgan fingerprint density at radius 1 is 1.09 bits per heavy atom. The molecule has 1 unspecified atom stereocenters. The Morgan fingerprint density at radius 2 is 1.94 bits per heavy atom. The van der Waals surface area contributed by atoms with Crippen LogP contribution in [0.1, 0.15) is 27.5 Å². The minimum absolute atomic E-state index is 0.0804. The number of hydrogen-bond acceptors (Lipinski definition) is 6. The summed E-state index contributed by atoms with van der Waals surface area (Å²) in [6.45, 7) is 2.64. The van der Waals surface area contributed by atoms with E-state index in [1.807, 2.05) is 35.2 Å². The second-order valence-corrected chi connectivity index (χ2v) is 8.06. The van der Waals surface area contributed by atoms with Crippen LogP contribution in [-0.2, 0) is 11.3 Å². The molecule has 2 aliphatic heterocycles. The Morgan fingerprint density at radius 3 is 2.76 bits per heavy atom. The Kier molecular flexibility index (Phi) is 5.80. The summed E-state index contributed by atoms with van der Waals surface area (Å²) in [5.41, 5.74) is 4.53. The maximum Gasteiger partial charge on any atom is 0.321 e. The number of ether oxygens (including phenoxy) is 2. The molecule has 170 valence electrons. The van der Waals surface area contributed by atoms with Crippen molar-refractivity contribution < 1.29 is 24.3 Å². The fourth-order valence-electron chi connectivity index (χ4n) is 4.29. The molecular weight excluding hydrogens is 424 g/mol. The van der Waals surface area contributed by atoms with Crippen molar-refractivity contribution in [2.45, 2.75) is 12.6 Å². The highest BCUT2D eigenvalue weighted by molar-refractivity contribution is 5.93. The fraction of sp³-hybridized carbons (Fsp3) is 0.292. The molecule has 1 aromatic heterocycles. The molecule has 1 saturated heterocycles. The summed E-state index contributed by atoms with van der Waals surface area (Å²) in [5.74, 6) is -0.105. The van der Waals surface area contributed by atoms with Crippen LogP contribution in [0.15, 0.2) is 54.7 Å². The van der Waals surface area contributed by atoms with Crippen LogP contribution >= 0.6 is 0 Å². The monoisotopic (exact) mass is 448 g/mol. The van der Waals surface area contributed by atoms with Gasteiger partial charge in [0, 0.05) is 35.8 Å². The summed E-state index contributed by atoms with van der Waals surface area (Å²) in [5, 5.41) is 9.95. The van der Waals surface area contributed by atoms with Gasteiger partial charge in [0.25, 0.3) is 5.91 Å². The standard InChI is InChI=1S/C24H24N4O5/c29-23(26-31)18-3-4-19-14-28(24(30)27-8-10-32-11-9-27)21(15-33-22(19)13-18)17-5-6-20-16(12-17)2-1-7-25-20/h1-7,12-13,21,31H,8-11,14-15H2,(H,26,29). The van der Waals surface area contributed by atoms with Crippen LogP contribution in [0.25, 0.3) is 10.9 Å². The molecule has 1 fully saturated rings. The van der Waals surface area contributed by atoms with Crippen LogP contribution in [0.5, 0.6) is 5.75 Å². The third-order valence-electron chi connectivity index (χ3n) is 6.08. The molecular formula is C24H24N4O5. The topological polar surface area (TPSA) is 104 Å². The van der Waals surface area contributed by atoms with Gasteiger partial charge in [-0.25, -0.2) is 10.3 Å². The van der Waals surface area contributed by atoms with Crippen LogP contribution < -0.4 is 10.2 Å². The van der Waals surface area contributed by atoms with Crippen LogP contribution in [0.4, 0.5) is 4.79 Å². The van der Waals surface area contributed by atoms with Crippen LogP contribution in [0.2, 0.25) is 0 Å². The zero-order valence-corrected chi connectivity index (χ0v) is 17.9. The van der Waals surface area contributed by atoms with Crippen molar-refractivity contribution in [1.82, 2.24) is 20.3 Å². The smallest absolute Gasteiger partial charge is 0.321 e. The third kappa shape index (κ3) is 4.20. The van der Waals surface area contributed by atoms with Crippen molar-refractivity contribution in [3.05, 3.63) is 71.4 Å². The first-order valence-electron chi connectivity index (χ1n) is 10.8. The largest absolute Gasteiger partial charge is 0.491 e. The lowest BCUT2D eigenvalue weighted by atomic mass is 10.0. The van der Waals surface area contributed by atoms with E-state index in [0.717, 1.165) is 22.0 Å². The van der Waals surface area contributed by atoms with E-state index in [4.69, 9.17) is 14.7 Å². The molecule has 0 radical (unpaired) electrons. The van der Waals surface area contributed by atoms with E-state index in [-0.39, 0.29) is 24.2 Å². The molecule has 3 amide bonds. The minimum atomic E-state index is -0.620. The Bertz CT molecular complexity index is 1190. The summed E-state index contributed by atoms with van der Waals surface area (Å²) >= 11 is 0. The summed E-state index contributed by atoms with van der Waals surface area (Å²) in [4.78, 5) is 33.5. The van der Waals surface area contributed by atoms with E-state index in [0.29, 0.717) is 38.6 Å². The van der Waals surface area contributed by atoms with Gasteiger partial charge >= 0.3 is 6.03 Å². The molecule has 2 N–H and O–H groups in total. The zero-order chi connectivity index (χ0) is 22.8. The number of pyridine rings is 1. The van der Waals surface area contributed by atoms with Crippen molar-refractivity contribution in [3.8, 4) is 5.75 Å². The van der Waals surface area contributed by atoms with Gasteiger partial charge in [-0.15, -0.1) is 0 Å². The predicted octanol–water partition coefficient (Wildman–Crippen LogP) is 2.74. The highest BCUT2D eigenvalue weighted by Gasteiger charge is 2.33. The number of nitrogens with zero attached hydrogens (tertiary/aromatic N) is 3. The highest BCUT2D eigenvalue weighted by atomic mass is 16.5. The average Bonchev–Trinajstić information content (AvgIpc) is 3.07. The third-order valence-corrected chi connectivity index (χ3v) is 6.08. The molecule has 0 spiro atoms. The number of urea groups is 1. The van der Waals surface area contributed by atoms with Gasteiger partial charge in [0.05, 0.1) is 31.3 Å². The van der Waals surface area contributed by atoms with Gasteiger partial charge in [-0.1, -0.05) is 18.2 Å². The van der Waals surface area contributed by atoms with Crippen LogP contribution in [0, 0.1) is 0 Å². The second kappa shape index (κ2) is 9.05. The van der Waals surface area contributed by atoms with Crippen molar-refractivity contribution in [2.24, 2.45) is 0 Å². The van der Waals surface area contributed by atoms with Gasteiger partial charge in [-0.05, 0) is 35.9 Å². The average molecular weight is 448 g/mol. The molecule has 2 aromatic carbocycles. The van der Waals surface area contributed by atoms with Crippen LogP contribution in [0.3, 0.4) is 0 Å². The molecule has 3 aromatic rings. The number of rotatable bonds is 2. The lowest BCUT2D eigenvalue weighted by Gasteiger charge is -2.36. The maximum absolute atomic E-state index is 13.6. The first kappa shape index (κ1) is 21.2. The number of amides is 3. The number of fused-ring (bicyclic) bond motifs is 2. The van der Waals surface area contributed by atoms with Gasteiger partial charge in [-0.2, -0.15) is 0 Å². The first-order valence-corrected chi connectivity index (χ1v) is 10.8. The van der Waals surface area contributed by atoms with E-state index in [2.05, 4.69) is 4.98 Å². The predicted molar refractivity (Wildman–Crippen MR) is 119 cm³/mol. The van der Waals surface area contributed by atoms with Crippen LogP contribution in [-0.4, -0.2) is 64.8 Å². The number of carbonyl (C=O) groups excluding carboxylic acids is 2. The number of carbonyl (C=O) groups is 2. The van der Waals surface area contributed by atoms with Crippen molar-refractivity contribution in [3.63, 3.8) is 0 Å². The Balaban J connectivity index is 1.53. The molecule has 0 saturated carbocycles. The first-order chi connectivity index (χ1) is 16.1. The molecule has 33 heavy (non-hydrogen) atoms. The molecule has 0 aliphatic carbocycles. The summed E-state index contributed by atoms with van der Waals surface area (Å²) in [6.07, 6.45) is 1.75. The quantitative estimate of drug-likeness (QED) is 0.462. The molecule has 5 rings (SSSR count). The molecule has 9 heteroatoms. The fourth-order valence-corrected chi connectivity index (χ4v) is 4.29. The number of aromatic nitrogens is 1. The molecule has 2 aliphatic rings. The maximum atomic E-state index is 13.6. The zero-order valence-electron chi connectivity index (χ0n) is 17.9. The van der Waals surface area contributed by atoms with Crippen molar-refractivity contribution in [2.75, 3.05) is 32.9 Å². The van der Waals surface area contributed by atoms with E-state index >= 15 is 0 Å². The van der Waals surface area contributed by atoms with Crippen molar-refractivity contribution >= 4 is 22.8 Å². The van der Waals surface area contributed by atoms with Gasteiger partial charge in [-0.3, -0.25) is 15.0 Å². The van der Waals surface area contributed by atoms with Gasteiger partial charge in [0.1, 0.15) is 12.4 Å². The number of nitrogens with one attached hydrogen (secondary N) is 1.